The number of rotatable bonds is 6. The quantitative estimate of drug-likeness (QED) is 0.875. The summed E-state index contributed by atoms with van der Waals surface area (Å²) in [5.74, 6) is 2.33. The van der Waals surface area contributed by atoms with Crippen molar-refractivity contribution in [1.29, 1.82) is 0 Å². The van der Waals surface area contributed by atoms with Gasteiger partial charge in [-0.3, -0.25) is 4.98 Å². The number of aryl methyl sites for hydroxylation is 1. The van der Waals surface area contributed by atoms with Gasteiger partial charge in [0.1, 0.15) is 17.2 Å². The first-order valence-corrected chi connectivity index (χ1v) is 7.16. The van der Waals surface area contributed by atoms with Crippen LogP contribution < -0.4 is 14.8 Å². The molecule has 0 saturated heterocycles. The number of methoxy groups -OCH3 is 1. The standard InChI is InChI=1S/C17H22N2O2/c1-5-18-13(3)17-15(20-4)7-6-8-16(17)21-14-10-9-12(2)19-11-14/h6-11,13,18H,5H2,1-4H3. The van der Waals surface area contributed by atoms with Crippen LogP contribution in [0.25, 0.3) is 0 Å². The molecular formula is C17H22N2O2. The SMILES string of the molecule is CCNC(C)c1c(OC)cccc1Oc1ccc(C)nc1. The molecule has 4 heteroatoms. The van der Waals surface area contributed by atoms with Crippen LogP contribution in [-0.4, -0.2) is 18.6 Å². The molecule has 0 bridgehead atoms. The fraction of sp³-hybridized carbons (Fsp3) is 0.353. The maximum Gasteiger partial charge on any atom is 0.145 e. The van der Waals surface area contributed by atoms with Gasteiger partial charge in [0.25, 0.3) is 0 Å². The van der Waals surface area contributed by atoms with Gasteiger partial charge in [0.15, 0.2) is 0 Å². The molecule has 0 saturated carbocycles. The lowest BCUT2D eigenvalue weighted by Crippen LogP contribution is -2.19. The molecule has 0 spiro atoms. The second-order valence-corrected chi connectivity index (χ2v) is 4.89. The summed E-state index contributed by atoms with van der Waals surface area (Å²) in [6.07, 6.45) is 1.73. The molecule has 2 aromatic rings. The number of ether oxygens (including phenoxy) is 2. The first-order valence-electron chi connectivity index (χ1n) is 7.16. The maximum atomic E-state index is 5.99. The number of hydrogen-bond acceptors (Lipinski definition) is 4. The van der Waals surface area contributed by atoms with E-state index in [1.54, 1.807) is 13.3 Å². The van der Waals surface area contributed by atoms with Gasteiger partial charge < -0.3 is 14.8 Å². The van der Waals surface area contributed by atoms with Gasteiger partial charge in [-0.15, -0.1) is 0 Å². The van der Waals surface area contributed by atoms with Crippen LogP contribution in [0.2, 0.25) is 0 Å². The average molecular weight is 286 g/mol. The Morgan fingerprint density at radius 2 is 1.95 bits per heavy atom. The highest BCUT2D eigenvalue weighted by Gasteiger charge is 2.17. The number of hydrogen-bond donors (Lipinski definition) is 1. The van der Waals surface area contributed by atoms with Crippen LogP contribution in [0.5, 0.6) is 17.2 Å². The van der Waals surface area contributed by atoms with Crippen LogP contribution in [0.3, 0.4) is 0 Å². The molecule has 1 N–H and O–H groups in total. The molecule has 1 heterocycles. The minimum Gasteiger partial charge on any atom is -0.496 e. The first-order chi connectivity index (χ1) is 10.2. The highest BCUT2D eigenvalue weighted by Crippen LogP contribution is 2.36. The Hall–Kier alpha value is -2.07. The summed E-state index contributed by atoms with van der Waals surface area (Å²) >= 11 is 0. The second-order valence-electron chi connectivity index (χ2n) is 4.89. The summed E-state index contributed by atoms with van der Waals surface area (Å²) in [7, 11) is 1.68. The van der Waals surface area contributed by atoms with Crippen molar-refractivity contribution in [2.24, 2.45) is 0 Å². The topological polar surface area (TPSA) is 43.4 Å². The van der Waals surface area contributed by atoms with E-state index >= 15 is 0 Å². The minimum absolute atomic E-state index is 0.138. The molecular weight excluding hydrogens is 264 g/mol. The Balaban J connectivity index is 2.35. The smallest absolute Gasteiger partial charge is 0.145 e. The number of nitrogens with zero attached hydrogens (tertiary/aromatic N) is 1. The molecule has 0 aliphatic carbocycles. The van der Waals surface area contributed by atoms with Crippen LogP contribution in [-0.2, 0) is 0 Å². The lowest BCUT2D eigenvalue weighted by molar-refractivity contribution is 0.391. The average Bonchev–Trinajstić information content (AvgIpc) is 2.49. The normalized spacial score (nSPS) is 12.0. The predicted octanol–water partition coefficient (Wildman–Crippen LogP) is 3.86. The van der Waals surface area contributed by atoms with Crippen molar-refractivity contribution >= 4 is 0 Å². The number of nitrogens with one attached hydrogen (secondary N) is 1. The van der Waals surface area contributed by atoms with E-state index in [4.69, 9.17) is 9.47 Å². The van der Waals surface area contributed by atoms with Crippen LogP contribution in [0.4, 0.5) is 0 Å². The van der Waals surface area contributed by atoms with Gasteiger partial charge >= 0.3 is 0 Å². The zero-order valence-corrected chi connectivity index (χ0v) is 13.0. The lowest BCUT2D eigenvalue weighted by Gasteiger charge is -2.20. The first kappa shape index (κ1) is 15.3. The molecule has 0 aliphatic rings. The lowest BCUT2D eigenvalue weighted by atomic mass is 10.1. The Morgan fingerprint density at radius 3 is 2.57 bits per heavy atom. The molecule has 1 unspecified atom stereocenters. The monoisotopic (exact) mass is 286 g/mol. The van der Waals surface area contributed by atoms with Crippen molar-refractivity contribution < 1.29 is 9.47 Å². The number of aromatic nitrogens is 1. The molecule has 2 rings (SSSR count). The molecule has 1 atom stereocenters. The Labute approximate surface area is 126 Å². The van der Waals surface area contributed by atoms with E-state index < -0.39 is 0 Å². The third-order valence-electron chi connectivity index (χ3n) is 3.30. The zero-order valence-electron chi connectivity index (χ0n) is 13.0. The number of pyridine rings is 1. The summed E-state index contributed by atoms with van der Waals surface area (Å²) < 4.78 is 11.5. The fourth-order valence-electron chi connectivity index (χ4n) is 2.27. The van der Waals surface area contributed by atoms with Gasteiger partial charge in [0, 0.05) is 11.7 Å². The zero-order chi connectivity index (χ0) is 15.2. The molecule has 1 aromatic carbocycles. The Morgan fingerprint density at radius 1 is 1.19 bits per heavy atom. The van der Waals surface area contributed by atoms with E-state index in [1.165, 1.54) is 0 Å². The Bertz CT molecular complexity index is 582. The molecule has 21 heavy (non-hydrogen) atoms. The maximum absolute atomic E-state index is 5.99. The van der Waals surface area contributed by atoms with E-state index in [0.717, 1.165) is 35.1 Å². The van der Waals surface area contributed by atoms with E-state index in [-0.39, 0.29) is 6.04 Å². The van der Waals surface area contributed by atoms with Gasteiger partial charge in [-0.05, 0) is 44.7 Å². The van der Waals surface area contributed by atoms with Crippen molar-refractivity contribution in [3.05, 3.63) is 47.8 Å². The van der Waals surface area contributed by atoms with Crippen molar-refractivity contribution in [3.8, 4) is 17.2 Å². The van der Waals surface area contributed by atoms with Crippen LogP contribution >= 0.6 is 0 Å². The summed E-state index contributed by atoms with van der Waals surface area (Å²) in [4.78, 5) is 4.26. The summed E-state index contributed by atoms with van der Waals surface area (Å²) in [5.41, 5.74) is 1.98. The van der Waals surface area contributed by atoms with Gasteiger partial charge in [-0.2, -0.15) is 0 Å². The van der Waals surface area contributed by atoms with E-state index in [0.29, 0.717) is 0 Å². The minimum atomic E-state index is 0.138. The third kappa shape index (κ3) is 3.73. The number of benzene rings is 1. The molecule has 112 valence electrons. The molecule has 1 aromatic heterocycles. The molecule has 0 radical (unpaired) electrons. The van der Waals surface area contributed by atoms with Crippen molar-refractivity contribution in [1.82, 2.24) is 10.3 Å². The fourth-order valence-corrected chi connectivity index (χ4v) is 2.27. The Kier molecular flexibility index (Phi) is 5.17. The van der Waals surface area contributed by atoms with Gasteiger partial charge in [0.2, 0.25) is 0 Å². The summed E-state index contributed by atoms with van der Waals surface area (Å²) in [5, 5.41) is 3.40. The van der Waals surface area contributed by atoms with E-state index in [9.17, 15) is 0 Å². The van der Waals surface area contributed by atoms with Gasteiger partial charge in [0.05, 0.1) is 18.9 Å². The van der Waals surface area contributed by atoms with Crippen molar-refractivity contribution in [2.45, 2.75) is 26.8 Å². The highest BCUT2D eigenvalue weighted by molar-refractivity contribution is 5.48. The molecule has 0 fully saturated rings. The summed E-state index contributed by atoms with van der Waals surface area (Å²) in [6, 6.07) is 9.82. The largest absolute Gasteiger partial charge is 0.496 e. The third-order valence-corrected chi connectivity index (χ3v) is 3.30. The van der Waals surface area contributed by atoms with E-state index in [2.05, 4.69) is 24.1 Å². The van der Waals surface area contributed by atoms with Crippen molar-refractivity contribution in [3.63, 3.8) is 0 Å². The van der Waals surface area contributed by atoms with Crippen LogP contribution in [0, 0.1) is 6.92 Å². The predicted molar refractivity (Wildman–Crippen MR) is 84.1 cm³/mol. The van der Waals surface area contributed by atoms with Gasteiger partial charge in [-0.25, -0.2) is 0 Å². The van der Waals surface area contributed by atoms with Crippen LogP contribution in [0.1, 0.15) is 31.1 Å². The molecule has 0 aliphatic heterocycles. The summed E-state index contributed by atoms with van der Waals surface area (Å²) in [6.45, 7) is 7.01. The molecule has 4 nitrogen and oxygen atoms in total. The van der Waals surface area contributed by atoms with E-state index in [1.807, 2.05) is 37.3 Å². The molecule has 0 amide bonds. The highest BCUT2D eigenvalue weighted by atomic mass is 16.5. The van der Waals surface area contributed by atoms with Crippen LogP contribution in [0.15, 0.2) is 36.5 Å². The second kappa shape index (κ2) is 7.09. The van der Waals surface area contributed by atoms with Crippen molar-refractivity contribution in [2.75, 3.05) is 13.7 Å². The van der Waals surface area contributed by atoms with Gasteiger partial charge in [-0.1, -0.05) is 13.0 Å².